The quantitative estimate of drug-likeness (QED) is 0.251. The fraction of sp³-hybridized carbons (Fsp3) is 0.474. The van der Waals surface area contributed by atoms with E-state index in [1.54, 1.807) is 33.1 Å². The minimum Gasteiger partial charge on any atom is -0.477 e. The summed E-state index contributed by atoms with van der Waals surface area (Å²) in [5, 5.41) is 16.5. The number of thiazole rings is 1. The first-order valence-electron chi connectivity index (χ1n) is 9.53. The number of fused-ring (bicyclic) bond motifs is 1. The van der Waals surface area contributed by atoms with Gasteiger partial charge in [-0.1, -0.05) is 5.16 Å². The molecule has 3 heterocycles. The Bertz CT molecular complexity index is 984. The molecule has 2 aliphatic heterocycles. The molecule has 3 rings (SSSR count). The molecule has 0 radical (unpaired) electrons. The fourth-order valence-electron chi connectivity index (χ4n) is 2.99. The lowest BCUT2D eigenvalue weighted by Crippen LogP contribution is -2.71. The number of carbonyl (C=O) groups is 4. The number of esters is 1. The van der Waals surface area contributed by atoms with Crippen LogP contribution >= 0.6 is 23.1 Å². The van der Waals surface area contributed by atoms with Crippen molar-refractivity contribution in [1.82, 2.24) is 15.2 Å². The van der Waals surface area contributed by atoms with E-state index in [2.05, 4.69) is 15.5 Å². The van der Waals surface area contributed by atoms with Gasteiger partial charge in [0.15, 0.2) is 5.71 Å². The highest BCUT2D eigenvalue weighted by Crippen LogP contribution is 2.40. The van der Waals surface area contributed by atoms with Crippen LogP contribution in [0.5, 0.6) is 0 Å². The molecule has 13 heteroatoms. The predicted molar refractivity (Wildman–Crippen MR) is 116 cm³/mol. The molecule has 2 N–H and O–H groups in total. The van der Waals surface area contributed by atoms with E-state index in [9.17, 15) is 24.3 Å². The van der Waals surface area contributed by atoms with Crippen LogP contribution in [0.4, 0.5) is 0 Å². The molecule has 2 amide bonds. The molecule has 1 saturated heterocycles. The number of rotatable bonds is 7. The second-order valence-electron chi connectivity index (χ2n) is 7.92. The Balaban J connectivity index is 1.70. The molecule has 0 aliphatic carbocycles. The summed E-state index contributed by atoms with van der Waals surface area (Å²) >= 11 is 2.58. The van der Waals surface area contributed by atoms with Gasteiger partial charge in [0, 0.05) is 10.6 Å². The van der Waals surface area contributed by atoms with E-state index in [4.69, 9.17) is 9.57 Å². The Morgan fingerprint density at radius 1 is 1.34 bits per heavy atom. The van der Waals surface area contributed by atoms with Crippen molar-refractivity contribution in [2.45, 2.75) is 50.0 Å². The van der Waals surface area contributed by atoms with E-state index >= 15 is 0 Å². The number of β-lactam (4-membered cyclic amide) rings is 1. The molecule has 11 nitrogen and oxygen atoms in total. The maximum Gasteiger partial charge on any atom is 0.352 e. The molecule has 1 fully saturated rings. The lowest BCUT2D eigenvalue weighted by atomic mass is 10.0. The third-order valence-electron chi connectivity index (χ3n) is 4.20. The lowest BCUT2D eigenvalue weighted by molar-refractivity contribution is -0.160. The Hall–Kier alpha value is -2.93. The van der Waals surface area contributed by atoms with E-state index in [1.807, 2.05) is 0 Å². The number of hydrogen-bond donors (Lipinski definition) is 2. The predicted octanol–water partition coefficient (Wildman–Crippen LogP) is 0.962. The number of oxime groups is 1. The van der Waals surface area contributed by atoms with E-state index < -0.39 is 47.4 Å². The summed E-state index contributed by atoms with van der Waals surface area (Å²) in [5.41, 5.74) is 0.671. The number of aromatic nitrogens is 1. The first-order valence-corrected chi connectivity index (χ1v) is 11.4. The van der Waals surface area contributed by atoms with Gasteiger partial charge in [0.25, 0.3) is 11.8 Å². The van der Waals surface area contributed by atoms with Crippen LogP contribution < -0.4 is 5.32 Å². The SMILES string of the molecule is CC1C=C(C(=O)O)N2C(=O)C(NC(=O)/C(=N\OCC(=O)OC(C)(C)C)c3cscn3)[C@H]2S1. The van der Waals surface area contributed by atoms with Crippen molar-refractivity contribution >= 4 is 52.6 Å². The smallest absolute Gasteiger partial charge is 0.352 e. The van der Waals surface area contributed by atoms with Crippen LogP contribution in [0.1, 0.15) is 33.4 Å². The molecule has 2 aliphatic rings. The number of nitrogens with one attached hydrogen (secondary N) is 1. The Kier molecular flexibility index (Phi) is 6.88. The summed E-state index contributed by atoms with van der Waals surface area (Å²) in [5.74, 6) is -3.15. The second kappa shape index (κ2) is 9.28. The number of ether oxygens (including phenoxy) is 1. The molecule has 172 valence electrons. The zero-order valence-corrected chi connectivity index (χ0v) is 19.4. The number of carboxylic acids is 1. The average molecular weight is 483 g/mol. The highest BCUT2D eigenvalue weighted by Gasteiger charge is 2.54. The molecule has 0 spiro atoms. The molecule has 0 bridgehead atoms. The third-order valence-corrected chi connectivity index (χ3v) is 6.12. The normalized spacial score (nSPS) is 22.9. The Labute approximate surface area is 191 Å². The number of aliphatic carboxylic acids is 1. The van der Waals surface area contributed by atoms with Gasteiger partial charge in [-0.2, -0.15) is 0 Å². The molecule has 0 aromatic carbocycles. The minimum atomic E-state index is -1.21. The zero-order chi connectivity index (χ0) is 23.6. The van der Waals surface area contributed by atoms with Crippen LogP contribution in [-0.2, 0) is 28.8 Å². The Morgan fingerprint density at radius 2 is 2.06 bits per heavy atom. The van der Waals surface area contributed by atoms with Crippen LogP contribution in [0.15, 0.2) is 27.8 Å². The molecule has 1 aromatic heterocycles. The Morgan fingerprint density at radius 3 is 2.66 bits per heavy atom. The molecule has 3 atom stereocenters. The van der Waals surface area contributed by atoms with Gasteiger partial charge in [0.1, 0.15) is 28.4 Å². The molecule has 1 aromatic rings. The number of nitrogens with zero attached hydrogens (tertiary/aromatic N) is 3. The first kappa shape index (κ1) is 23.7. The summed E-state index contributed by atoms with van der Waals surface area (Å²) in [6.45, 7) is 6.40. The number of amides is 2. The molecular formula is C19H22N4O7S2. The van der Waals surface area contributed by atoms with Crippen molar-refractivity contribution in [3.8, 4) is 0 Å². The van der Waals surface area contributed by atoms with Gasteiger partial charge in [0.2, 0.25) is 6.61 Å². The van der Waals surface area contributed by atoms with Crippen molar-refractivity contribution in [3.05, 3.63) is 28.4 Å². The molecule has 0 saturated carbocycles. The van der Waals surface area contributed by atoms with Crippen LogP contribution in [0.2, 0.25) is 0 Å². The topological polar surface area (TPSA) is 147 Å². The largest absolute Gasteiger partial charge is 0.477 e. The van der Waals surface area contributed by atoms with E-state index in [0.717, 1.165) is 4.90 Å². The first-order chi connectivity index (χ1) is 15.0. The summed E-state index contributed by atoms with van der Waals surface area (Å²) < 4.78 is 5.12. The summed E-state index contributed by atoms with van der Waals surface area (Å²) in [6.07, 6.45) is 1.49. The van der Waals surface area contributed by atoms with Crippen LogP contribution in [0.3, 0.4) is 0 Å². The second-order valence-corrected chi connectivity index (χ2v) is 10.1. The third kappa shape index (κ3) is 5.27. The maximum atomic E-state index is 12.9. The standard InChI is InChI=1S/C19H22N4O7S2/c1-9-5-11(18(27)28)23-16(26)14(17(23)32-9)21-15(25)13(10-7-31-8-20-10)22-29-6-12(24)30-19(2,3)4/h5,7-9,14,17H,6H2,1-4H3,(H,21,25)(H,27,28)/b22-13-/t9?,14?,17-/m1/s1. The number of carboxylic acid groups (broad SMARTS) is 1. The van der Waals surface area contributed by atoms with E-state index in [-0.39, 0.29) is 22.4 Å². The van der Waals surface area contributed by atoms with Gasteiger partial charge in [-0.25, -0.2) is 14.6 Å². The number of carbonyl (C=O) groups excluding carboxylic acids is 3. The van der Waals surface area contributed by atoms with Crippen molar-refractivity contribution in [3.63, 3.8) is 0 Å². The van der Waals surface area contributed by atoms with Crippen molar-refractivity contribution in [2.75, 3.05) is 6.61 Å². The number of thioether (sulfide) groups is 1. The van der Waals surface area contributed by atoms with E-state index in [0.29, 0.717) is 0 Å². The molecule has 2 unspecified atom stereocenters. The van der Waals surface area contributed by atoms with Crippen LogP contribution in [-0.4, -0.2) is 73.3 Å². The van der Waals surface area contributed by atoms with Gasteiger partial charge in [-0.3, -0.25) is 14.5 Å². The van der Waals surface area contributed by atoms with Gasteiger partial charge >= 0.3 is 11.9 Å². The van der Waals surface area contributed by atoms with E-state index in [1.165, 1.54) is 34.7 Å². The lowest BCUT2D eigenvalue weighted by Gasteiger charge is -2.49. The minimum absolute atomic E-state index is 0.106. The van der Waals surface area contributed by atoms with Crippen molar-refractivity contribution in [2.24, 2.45) is 5.16 Å². The summed E-state index contributed by atoms with van der Waals surface area (Å²) in [4.78, 5) is 58.9. The van der Waals surface area contributed by atoms with Gasteiger partial charge in [-0.05, 0) is 33.8 Å². The fourth-order valence-corrected chi connectivity index (χ4v) is 4.86. The van der Waals surface area contributed by atoms with Gasteiger partial charge < -0.3 is 20.0 Å². The maximum absolute atomic E-state index is 12.9. The monoisotopic (exact) mass is 482 g/mol. The van der Waals surface area contributed by atoms with Crippen LogP contribution in [0.25, 0.3) is 0 Å². The van der Waals surface area contributed by atoms with Gasteiger partial charge in [0.05, 0.1) is 5.51 Å². The van der Waals surface area contributed by atoms with Crippen molar-refractivity contribution < 1.29 is 33.9 Å². The molecular weight excluding hydrogens is 460 g/mol. The average Bonchev–Trinajstić information content (AvgIpc) is 3.21. The van der Waals surface area contributed by atoms with Crippen molar-refractivity contribution in [1.29, 1.82) is 0 Å². The number of hydrogen-bond acceptors (Lipinski definition) is 10. The summed E-state index contributed by atoms with van der Waals surface area (Å²) in [7, 11) is 0. The summed E-state index contributed by atoms with van der Waals surface area (Å²) in [6, 6.07) is -0.937. The zero-order valence-electron chi connectivity index (χ0n) is 17.7. The van der Waals surface area contributed by atoms with Crippen LogP contribution in [0, 0.1) is 0 Å². The highest BCUT2D eigenvalue weighted by atomic mass is 32.2. The highest BCUT2D eigenvalue weighted by molar-refractivity contribution is 8.00. The molecule has 32 heavy (non-hydrogen) atoms. The van der Waals surface area contributed by atoms with Gasteiger partial charge in [-0.15, -0.1) is 23.1 Å².